The molecule has 2 N–H and O–H groups in total. The molecule has 1 saturated heterocycles. The minimum absolute atomic E-state index is 0.000913. The average molecular weight is 969 g/mol. The molecule has 1 saturated carbocycles. The number of aliphatic hydroxyl groups excluding tert-OH is 2. The van der Waals surface area contributed by atoms with Gasteiger partial charge in [-0.05, 0) is 104 Å². The molecule has 7 unspecified atom stereocenters. The number of halogens is 2. The van der Waals surface area contributed by atoms with Crippen LogP contribution in [0.25, 0.3) is 0 Å². The van der Waals surface area contributed by atoms with Gasteiger partial charge in [0, 0.05) is 56.1 Å². The Balaban J connectivity index is 1.36. The zero-order chi connectivity index (χ0) is 49.1. The van der Waals surface area contributed by atoms with Gasteiger partial charge in [-0.25, -0.2) is 8.78 Å². The predicted molar refractivity (Wildman–Crippen MR) is 269 cm³/mol. The fourth-order valence-electron chi connectivity index (χ4n) is 11.3. The summed E-state index contributed by atoms with van der Waals surface area (Å²) in [5.74, 6) is -1.84. The van der Waals surface area contributed by atoms with Crippen molar-refractivity contribution in [3.63, 3.8) is 0 Å². The first kappa shape index (κ1) is 53.2. The topological polar surface area (TPSA) is 119 Å². The second-order valence-corrected chi connectivity index (χ2v) is 19.8. The highest BCUT2D eigenvalue weighted by Crippen LogP contribution is 2.62. The van der Waals surface area contributed by atoms with E-state index in [1.165, 1.54) is 50.3 Å². The molecule has 10 nitrogen and oxygen atoms in total. The zero-order valence-corrected chi connectivity index (χ0v) is 41.6. The van der Waals surface area contributed by atoms with E-state index in [2.05, 4.69) is 19.6 Å². The molecule has 382 valence electrons. The number of hydrogen-bond donors (Lipinski definition) is 2. The van der Waals surface area contributed by atoms with E-state index in [9.17, 15) is 19.0 Å². The highest BCUT2D eigenvalue weighted by Gasteiger charge is 2.65. The second-order valence-electron chi connectivity index (χ2n) is 19.8. The van der Waals surface area contributed by atoms with Gasteiger partial charge in [0.05, 0.1) is 24.8 Å². The van der Waals surface area contributed by atoms with E-state index in [1.54, 1.807) is 36.4 Å². The van der Waals surface area contributed by atoms with Crippen molar-refractivity contribution in [3.05, 3.63) is 119 Å². The van der Waals surface area contributed by atoms with Crippen molar-refractivity contribution in [2.75, 3.05) is 26.4 Å². The number of rotatable bonds is 29. The standard InChI is InChI=1S/C58H78F2N2O8/c1-3-5-6-7-8-9-10-11-12-25-54(65)62(40-42-27-29-45(59)30-28-42)53-39-51(61-70-55-26-17-20-36-66-55)48-37-43(21-15-18-33-63)47(23-16-19-34-64)56-49-38-46(67-41-44-22-13-14-24-50(44)60)31-32-52(49)69-58(53,57(48)56)68-35-4-2/h4,13-14,22,24,27-32,37-38,43,47,53,55-57,63-64H,2-3,5-12,15-21,23,25-26,33-36,39-41H2,1H3. The van der Waals surface area contributed by atoms with Crippen molar-refractivity contribution in [1.29, 1.82) is 0 Å². The summed E-state index contributed by atoms with van der Waals surface area (Å²) in [4.78, 5) is 23.5. The summed E-state index contributed by atoms with van der Waals surface area (Å²) in [5, 5.41) is 25.1. The van der Waals surface area contributed by atoms with Gasteiger partial charge in [0.2, 0.25) is 18.0 Å². The van der Waals surface area contributed by atoms with Crippen molar-refractivity contribution in [2.45, 2.75) is 173 Å². The van der Waals surface area contributed by atoms with Crippen LogP contribution in [-0.2, 0) is 32.3 Å². The number of benzene rings is 3. The van der Waals surface area contributed by atoms with Crippen molar-refractivity contribution >= 4 is 11.6 Å². The van der Waals surface area contributed by atoms with Crippen LogP contribution < -0.4 is 9.47 Å². The minimum atomic E-state index is -1.47. The van der Waals surface area contributed by atoms with E-state index >= 15 is 4.79 Å². The third kappa shape index (κ3) is 13.7. The van der Waals surface area contributed by atoms with Gasteiger partial charge in [0.25, 0.3) is 0 Å². The van der Waals surface area contributed by atoms with E-state index < -0.39 is 24.0 Å². The van der Waals surface area contributed by atoms with Crippen LogP contribution >= 0.6 is 0 Å². The van der Waals surface area contributed by atoms with E-state index in [0.29, 0.717) is 55.1 Å². The number of oxime groups is 1. The second kappa shape index (κ2) is 27.3. The molecule has 2 aliphatic heterocycles. The first-order valence-corrected chi connectivity index (χ1v) is 26.6. The molecule has 0 aromatic heterocycles. The van der Waals surface area contributed by atoms with Crippen LogP contribution in [0.4, 0.5) is 8.78 Å². The predicted octanol–water partition coefficient (Wildman–Crippen LogP) is 12.7. The maximum atomic E-state index is 15.2. The van der Waals surface area contributed by atoms with Crippen LogP contribution in [0.3, 0.4) is 0 Å². The molecule has 0 spiro atoms. The molecule has 0 bridgehead atoms. The van der Waals surface area contributed by atoms with E-state index in [0.717, 1.165) is 80.9 Å². The van der Waals surface area contributed by atoms with Crippen LogP contribution in [0.1, 0.15) is 158 Å². The summed E-state index contributed by atoms with van der Waals surface area (Å²) in [5.41, 5.74) is 3.72. The fourth-order valence-corrected chi connectivity index (χ4v) is 11.3. The first-order chi connectivity index (χ1) is 34.3. The first-order valence-electron chi connectivity index (χ1n) is 26.6. The lowest BCUT2D eigenvalue weighted by molar-refractivity contribution is -0.258. The number of carbonyl (C=O) groups excluding carboxylic acids is 1. The van der Waals surface area contributed by atoms with Crippen LogP contribution in [0.2, 0.25) is 0 Å². The number of nitrogens with zero attached hydrogens (tertiary/aromatic N) is 2. The van der Waals surface area contributed by atoms with Crippen LogP contribution in [0, 0.1) is 29.4 Å². The molecule has 7 atom stereocenters. The Morgan fingerprint density at radius 1 is 0.900 bits per heavy atom. The molecule has 3 aromatic rings. The van der Waals surface area contributed by atoms with Gasteiger partial charge >= 0.3 is 0 Å². The molecule has 1 amide bonds. The molecule has 7 rings (SSSR count). The van der Waals surface area contributed by atoms with Gasteiger partial charge in [0.1, 0.15) is 35.8 Å². The maximum absolute atomic E-state index is 15.2. The van der Waals surface area contributed by atoms with E-state index in [1.807, 2.05) is 23.1 Å². The molecule has 4 aliphatic rings. The van der Waals surface area contributed by atoms with Gasteiger partial charge in [-0.3, -0.25) is 4.79 Å². The summed E-state index contributed by atoms with van der Waals surface area (Å²) >= 11 is 0. The van der Waals surface area contributed by atoms with Gasteiger partial charge in [-0.15, -0.1) is 6.58 Å². The number of aliphatic hydroxyl groups is 2. The van der Waals surface area contributed by atoms with Crippen molar-refractivity contribution < 1.29 is 47.6 Å². The SMILES string of the molecule is C=CCOC12Oc3ccc(OCc4ccccc4F)cc3C3C(CCCCO)C(CCCCO)C=C(C(=NOC4CCCCO4)CC1N(Cc1ccc(F)cc1)C(=O)CCCCCCCCCCC)C32. The van der Waals surface area contributed by atoms with Crippen molar-refractivity contribution in [3.8, 4) is 11.5 Å². The Labute approximate surface area is 415 Å². The number of amides is 1. The summed E-state index contributed by atoms with van der Waals surface area (Å²) in [7, 11) is 0. The molecular formula is C58H78F2N2O8. The summed E-state index contributed by atoms with van der Waals surface area (Å²) in [6.07, 6.45) is 21.2. The highest BCUT2D eigenvalue weighted by atomic mass is 19.1. The Morgan fingerprint density at radius 2 is 1.64 bits per heavy atom. The number of hydrogen-bond acceptors (Lipinski definition) is 9. The zero-order valence-electron chi connectivity index (χ0n) is 41.6. The van der Waals surface area contributed by atoms with Gasteiger partial charge in [-0.2, -0.15) is 0 Å². The normalized spacial score (nSPS) is 24.2. The van der Waals surface area contributed by atoms with Crippen LogP contribution in [0.5, 0.6) is 11.5 Å². The highest BCUT2D eigenvalue weighted by molar-refractivity contribution is 6.03. The summed E-state index contributed by atoms with van der Waals surface area (Å²) in [6.45, 7) is 7.38. The Bertz CT molecular complexity index is 2160. The fraction of sp³-hybridized carbons (Fsp3) is 0.586. The van der Waals surface area contributed by atoms with Gasteiger partial charge in [-0.1, -0.05) is 119 Å². The van der Waals surface area contributed by atoms with Crippen LogP contribution in [-0.4, -0.2) is 71.3 Å². The molecule has 70 heavy (non-hydrogen) atoms. The monoisotopic (exact) mass is 969 g/mol. The molecule has 0 radical (unpaired) electrons. The van der Waals surface area contributed by atoms with Crippen LogP contribution in [0.15, 0.2) is 96.2 Å². The molecule has 2 fully saturated rings. The minimum Gasteiger partial charge on any atom is -0.489 e. The lowest BCUT2D eigenvalue weighted by Gasteiger charge is -2.60. The van der Waals surface area contributed by atoms with Gasteiger partial charge in [0.15, 0.2) is 0 Å². The molecular weight excluding hydrogens is 891 g/mol. The van der Waals surface area contributed by atoms with Crippen molar-refractivity contribution in [2.24, 2.45) is 22.9 Å². The largest absolute Gasteiger partial charge is 0.489 e. The third-order valence-corrected chi connectivity index (χ3v) is 14.9. The third-order valence-electron chi connectivity index (χ3n) is 14.9. The number of unbranched alkanes of at least 4 members (excludes halogenated alkanes) is 10. The average Bonchev–Trinajstić information content (AvgIpc) is 3.38. The number of ether oxygens (including phenoxy) is 4. The summed E-state index contributed by atoms with van der Waals surface area (Å²) < 4.78 is 56.5. The Kier molecular flexibility index (Phi) is 20.7. The number of carbonyl (C=O) groups is 1. The lowest BCUT2D eigenvalue weighted by Crippen LogP contribution is -2.70. The van der Waals surface area contributed by atoms with E-state index in [-0.39, 0.29) is 74.7 Å². The number of allylic oxidation sites excluding steroid dienone is 1. The maximum Gasteiger partial charge on any atom is 0.239 e. The molecule has 12 heteroatoms. The molecule has 2 aliphatic carbocycles. The summed E-state index contributed by atoms with van der Waals surface area (Å²) in [6, 6.07) is 17.9. The van der Waals surface area contributed by atoms with E-state index in [4.69, 9.17) is 28.9 Å². The van der Waals surface area contributed by atoms with Gasteiger partial charge < -0.3 is 38.9 Å². The Hall–Kier alpha value is -4.62. The smallest absolute Gasteiger partial charge is 0.239 e. The Morgan fingerprint density at radius 3 is 2.36 bits per heavy atom. The quantitative estimate of drug-likeness (QED) is 0.0401. The molecule has 2 heterocycles. The number of fused-ring (bicyclic) bond motifs is 2. The van der Waals surface area contributed by atoms with Crippen molar-refractivity contribution in [1.82, 2.24) is 4.90 Å². The lowest BCUT2D eigenvalue weighted by atomic mass is 9.55. The molecule has 3 aromatic carbocycles.